The van der Waals surface area contributed by atoms with E-state index in [0.29, 0.717) is 12.8 Å². The standard InChI is InChI=1S/C34H64O3/c1-3-5-7-9-11-13-15-17-19-20-22-24-26-28-30-32(34(36)37)33(35)31-29-27-25-23-21-18-16-14-12-10-8-6-4-2/h17,19,32H,3-16,18,20-31H2,1-2H3,(H,36,37). The molecule has 3 heteroatoms. The lowest BCUT2D eigenvalue weighted by molar-refractivity contribution is -0.146. The number of hydrogen-bond acceptors (Lipinski definition) is 2. The fourth-order valence-electron chi connectivity index (χ4n) is 5.16. The molecule has 0 heterocycles. The first-order chi connectivity index (χ1) is 18.1. The Bertz CT molecular complexity index is 525. The Morgan fingerprint density at radius 2 is 0.865 bits per heavy atom. The molecule has 0 aliphatic carbocycles. The van der Waals surface area contributed by atoms with Gasteiger partial charge in [0.05, 0.1) is 0 Å². The number of ketones is 1. The summed E-state index contributed by atoms with van der Waals surface area (Å²) in [5.74, 6) is -1.75. The van der Waals surface area contributed by atoms with E-state index in [-0.39, 0.29) is 5.78 Å². The molecule has 0 radical (unpaired) electrons. The Kier molecular flexibility index (Phi) is 28.5. The maximum Gasteiger partial charge on any atom is 0.314 e. The highest BCUT2D eigenvalue weighted by molar-refractivity contribution is 5.98. The minimum Gasteiger partial charge on any atom is -0.481 e. The Morgan fingerprint density at radius 3 is 1.27 bits per heavy atom. The van der Waals surface area contributed by atoms with E-state index in [0.717, 1.165) is 44.9 Å². The second kappa shape index (κ2) is 29.4. The molecule has 1 N–H and O–H groups in total. The molecule has 0 aliphatic heterocycles. The lowest BCUT2D eigenvalue weighted by Crippen LogP contribution is -2.23. The summed E-state index contributed by atoms with van der Waals surface area (Å²) >= 11 is 0. The maximum absolute atomic E-state index is 12.5. The van der Waals surface area contributed by atoms with Crippen LogP contribution in [0.1, 0.15) is 187 Å². The van der Waals surface area contributed by atoms with Crippen molar-refractivity contribution < 1.29 is 14.7 Å². The summed E-state index contributed by atoms with van der Waals surface area (Å²) in [6.07, 6.45) is 36.8. The predicted octanol–water partition coefficient (Wildman–Crippen LogP) is 11.4. The highest BCUT2D eigenvalue weighted by Gasteiger charge is 2.24. The van der Waals surface area contributed by atoms with Crippen molar-refractivity contribution in [1.29, 1.82) is 0 Å². The van der Waals surface area contributed by atoms with Gasteiger partial charge in [-0.25, -0.2) is 0 Å². The summed E-state index contributed by atoms with van der Waals surface area (Å²) < 4.78 is 0. The Hall–Kier alpha value is -1.12. The van der Waals surface area contributed by atoms with Crippen LogP contribution in [0, 0.1) is 5.92 Å². The number of rotatable bonds is 30. The molecule has 37 heavy (non-hydrogen) atoms. The molecule has 0 fully saturated rings. The van der Waals surface area contributed by atoms with Gasteiger partial charge in [0.25, 0.3) is 0 Å². The summed E-state index contributed by atoms with van der Waals surface area (Å²) in [7, 11) is 0. The molecule has 0 aromatic heterocycles. The van der Waals surface area contributed by atoms with Crippen LogP contribution in [-0.2, 0) is 9.59 Å². The summed E-state index contributed by atoms with van der Waals surface area (Å²) in [6.45, 7) is 4.52. The van der Waals surface area contributed by atoms with E-state index < -0.39 is 11.9 Å². The third-order valence-electron chi connectivity index (χ3n) is 7.72. The molecule has 0 aliphatic rings. The first-order valence-corrected chi connectivity index (χ1v) is 16.5. The van der Waals surface area contributed by atoms with Crippen LogP contribution in [0.2, 0.25) is 0 Å². The molecule has 0 amide bonds. The Balaban J connectivity index is 3.61. The molecule has 0 rings (SSSR count). The number of carbonyl (C=O) groups is 2. The van der Waals surface area contributed by atoms with Crippen LogP contribution < -0.4 is 0 Å². The average Bonchev–Trinajstić information content (AvgIpc) is 2.88. The molecule has 218 valence electrons. The first kappa shape index (κ1) is 35.9. The van der Waals surface area contributed by atoms with Crippen LogP contribution in [0.15, 0.2) is 12.2 Å². The normalized spacial score (nSPS) is 12.4. The van der Waals surface area contributed by atoms with Crippen molar-refractivity contribution in [3.63, 3.8) is 0 Å². The molecule has 0 saturated carbocycles. The van der Waals surface area contributed by atoms with E-state index in [4.69, 9.17) is 0 Å². The fraction of sp³-hybridized carbons (Fsp3) is 0.882. The predicted molar refractivity (Wildman–Crippen MR) is 161 cm³/mol. The van der Waals surface area contributed by atoms with E-state index in [1.807, 2.05) is 0 Å². The molecule has 0 spiro atoms. The summed E-state index contributed by atoms with van der Waals surface area (Å²) in [4.78, 5) is 24.1. The maximum atomic E-state index is 12.5. The van der Waals surface area contributed by atoms with Crippen molar-refractivity contribution in [1.82, 2.24) is 0 Å². The van der Waals surface area contributed by atoms with Gasteiger partial charge < -0.3 is 5.11 Å². The van der Waals surface area contributed by atoms with Crippen LogP contribution >= 0.6 is 0 Å². The summed E-state index contributed by atoms with van der Waals surface area (Å²) in [5.41, 5.74) is 0. The lowest BCUT2D eigenvalue weighted by atomic mass is 9.93. The third kappa shape index (κ3) is 26.3. The molecule has 0 bridgehead atoms. The highest BCUT2D eigenvalue weighted by Crippen LogP contribution is 2.18. The fourth-order valence-corrected chi connectivity index (χ4v) is 5.16. The first-order valence-electron chi connectivity index (χ1n) is 16.5. The van der Waals surface area contributed by atoms with E-state index in [1.165, 1.54) is 116 Å². The molecule has 0 aromatic rings. The second-order valence-electron chi connectivity index (χ2n) is 11.4. The van der Waals surface area contributed by atoms with Crippen molar-refractivity contribution in [2.75, 3.05) is 0 Å². The van der Waals surface area contributed by atoms with Gasteiger partial charge in [-0.1, -0.05) is 154 Å². The zero-order chi connectivity index (χ0) is 27.2. The molecular formula is C34H64O3. The number of carboxylic acid groups (broad SMARTS) is 1. The van der Waals surface area contributed by atoms with Gasteiger partial charge in [-0.3, -0.25) is 9.59 Å². The van der Waals surface area contributed by atoms with Gasteiger partial charge in [0.2, 0.25) is 0 Å². The van der Waals surface area contributed by atoms with Gasteiger partial charge in [0.1, 0.15) is 11.7 Å². The van der Waals surface area contributed by atoms with Crippen molar-refractivity contribution in [3.05, 3.63) is 12.2 Å². The zero-order valence-corrected chi connectivity index (χ0v) is 25.1. The highest BCUT2D eigenvalue weighted by atomic mass is 16.4. The van der Waals surface area contributed by atoms with Crippen molar-refractivity contribution in [3.8, 4) is 0 Å². The zero-order valence-electron chi connectivity index (χ0n) is 25.1. The van der Waals surface area contributed by atoms with Crippen LogP contribution in [-0.4, -0.2) is 16.9 Å². The lowest BCUT2D eigenvalue weighted by Gasteiger charge is -2.11. The third-order valence-corrected chi connectivity index (χ3v) is 7.72. The number of carbonyl (C=O) groups excluding carboxylic acids is 1. The van der Waals surface area contributed by atoms with Gasteiger partial charge in [-0.15, -0.1) is 0 Å². The largest absolute Gasteiger partial charge is 0.481 e. The number of allylic oxidation sites excluding steroid dienone is 2. The molecular weight excluding hydrogens is 456 g/mol. The van der Waals surface area contributed by atoms with Crippen LogP contribution in [0.4, 0.5) is 0 Å². The quantitative estimate of drug-likeness (QED) is 0.0582. The minimum absolute atomic E-state index is 0.0480. The topological polar surface area (TPSA) is 54.4 Å². The van der Waals surface area contributed by atoms with E-state index in [1.54, 1.807) is 0 Å². The van der Waals surface area contributed by atoms with Crippen molar-refractivity contribution in [2.45, 2.75) is 187 Å². The van der Waals surface area contributed by atoms with Gasteiger partial charge in [0.15, 0.2) is 0 Å². The summed E-state index contributed by atoms with van der Waals surface area (Å²) in [5, 5.41) is 9.52. The van der Waals surface area contributed by atoms with Crippen LogP contribution in [0.3, 0.4) is 0 Å². The van der Waals surface area contributed by atoms with Gasteiger partial charge in [-0.2, -0.15) is 0 Å². The molecule has 1 unspecified atom stereocenters. The van der Waals surface area contributed by atoms with E-state index >= 15 is 0 Å². The number of Topliss-reactive ketones (excluding diaryl/α,β-unsaturated/α-hetero) is 1. The van der Waals surface area contributed by atoms with Crippen LogP contribution in [0.25, 0.3) is 0 Å². The van der Waals surface area contributed by atoms with Crippen molar-refractivity contribution >= 4 is 11.8 Å². The Morgan fingerprint density at radius 1 is 0.514 bits per heavy atom. The second-order valence-corrected chi connectivity index (χ2v) is 11.4. The van der Waals surface area contributed by atoms with Gasteiger partial charge in [0, 0.05) is 6.42 Å². The summed E-state index contributed by atoms with van der Waals surface area (Å²) in [6, 6.07) is 0. The average molecular weight is 521 g/mol. The SMILES string of the molecule is CCCCCCCCC=CCCCCCCC(C(=O)O)C(=O)CCCCCCCCCCCCCCC. The number of aliphatic carboxylic acids is 1. The van der Waals surface area contributed by atoms with Crippen LogP contribution in [0.5, 0.6) is 0 Å². The van der Waals surface area contributed by atoms with Gasteiger partial charge in [-0.05, 0) is 38.5 Å². The van der Waals surface area contributed by atoms with Gasteiger partial charge >= 0.3 is 5.97 Å². The minimum atomic E-state index is -0.919. The number of unbranched alkanes of at least 4 members (excludes halogenated alkanes) is 22. The molecule has 3 nitrogen and oxygen atoms in total. The smallest absolute Gasteiger partial charge is 0.314 e. The van der Waals surface area contributed by atoms with E-state index in [9.17, 15) is 14.7 Å². The number of hydrogen-bond donors (Lipinski definition) is 1. The monoisotopic (exact) mass is 520 g/mol. The van der Waals surface area contributed by atoms with E-state index in [2.05, 4.69) is 26.0 Å². The molecule has 0 aromatic carbocycles. The molecule has 0 saturated heterocycles. The molecule has 1 atom stereocenters. The number of carboxylic acids is 1. The van der Waals surface area contributed by atoms with Crippen molar-refractivity contribution in [2.24, 2.45) is 5.92 Å². The Labute approximate surface area is 231 Å².